The minimum absolute atomic E-state index is 0.0201. The number of rotatable bonds is 8. The number of esters is 1. The fraction of sp³-hybridized carbons (Fsp3) is 0.333. The third kappa shape index (κ3) is 5.20. The van der Waals surface area contributed by atoms with E-state index in [4.69, 9.17) is 19.9 Å². The van der Waals surface area contributed by atoms with Crippen LogP contribution in [-0.4, -0.2) is 19.2 Å². The van der Waals surface area contributed by atoms with E-state index < -0.39 is 11.9 Å². The van der Waals surface area contributed by atoms with Gasteiger partial charge in [0.05, 0.1) is 24.7 Å². The zero-order valence-electron chi connectivity index (χ0n) is 19.6. The number of aryl methyl sites for hydroxylation is 1. The van der Waals surface area contributed by atoms with Crippen molar-refractivity contribution in [1.29, 1.82) is 5.26 Å². The molecule has 0 bridgehead atoms. The van der Waals surface area contributed by atoms with Gasteiger partial charge in [-0.05, 0) is 50.5 Å². The Morgan fingerprint density at radius 1 is 1.12 bits per heavy atom. The van der Waals surface area contributed by atoms with E-state index in [0.717, 1.165) is 29.5 Å². The fourth-order valence-electron chi connectivity index (χ4n) is 3.82. The Labute approximate surface area is 195 Å². The summed E-state index contributed by atoms with van der Waals surface area (Å²) in [6.45, 7) is 8.24. The first kappa shape index (κ1) is 23.9. The molecule has 0 aliphatic carbocycles. The average molecular weight is 447 g/mol. The maximum absolute atomic E-state index is 13.0. The summed E-state index contributed by atoms with van der Waals surface area (Å²) in [6.07, 6.45) is 1.87. The van der Waals surface area contributed by atoms with Crippen LogP contribution in [0.4, 0.5) is 0 Å². The van der Waals surface area contributed by atoms with Crippen molar-refractivity contribution >= 4 is 5.97 Å². The minimum atomic E-state index is -0.759. The number of unbranched alkanes of at least 4 members (excludes halogenated alkanes) is 1. The number of benzene rings is 2. The molecule has 33 heavy (non-hydrogen) atoms. The summed E-state index contributed by atoms with van der Waals surface area (Å²) in [7, 11) is 0. The summed E-state index contributed by atoms with van der Waals surface area (Å²) in [5.41, 5.74) is 10.3. The van der Waals surface area contributed by atoms with Gasteiger partial charge < -0.3 is 19.9 Å². The van der Waals surface area contributed by atoms with Gasteiger partial charge in [-0.2, -0.15) is 5.26 Å². The van der Waals surface area contributed by atoms with E-state index in [-0.39, 0.29) is 23.6 Å². The lowest BCUT2D eigenvalue weighted by Crippen LogP contribution is -2.26. The van der Waals surface area contributed by atoms with Crippen molar-refractivity contribution in [3.05, 3.63) is 76.4 Å². The van der Waals surface area contributed by atoms with Crippen LogP contribution in [0.2, 0.25) is 0 Å². The molecule has 1 heterocycles. The first-order valence-corrected chi connectivity index (χ1v) is 11.2. The summed E-state index contributed by atoms with van der Waals surface area (Å²) in [6, 6.07) is 16.1. The van der Waals surface area contributed by atoms with Gasteiger partial charge in [0, 0.05) is 5.56 Å². The molecule has 6 nitrogen and oxygen atoms in total. The Bertz CT molecular complexity index is 1120. The second-order valence-corrected chi connectivity index (χ2v) is 7.94. The first-order chi connectivity index (χ1) is 15.9. The molecule has 1 atom stereocenters. The van der Waals surface area contributed by atoms with E-state index in [2.05, 4.69) is 13.0 Å². The van der Waals surface area contributed by atoms with Crippen LogP contribution >= 0.6 is 0 Å². The number of allylic oxidation sites excluding steroid dienone is 2. The SMILES string of the molecule is CCCCOc1ccc(-c2ccc(C)cc2)cc1C1C(C#N)=C(N)OC(C)=C1C(=O)OCC. The predicted molar refractivity (Wildman–Crippen MR) is 127 cm³/mol. The molecular weight excluding hydrogens is 416 g/mol. The molecule has 0 fully saturated rings. The highest BCUT2D eigenvalue weighted by Gasteiger charge is 2.38. The van der Waals surface area contributed by atoms with E-state index in [1.165, 1.54) is 0 Å². The Balaban J connectivity index is 2.22. The summed E-state index contributed by atoms with van der Waals surface area (Å²) in [5.74, 6) is -0.407. The van der Waals surface area contributed by atoms with Crippen LogP contribution in [0, 0.1) is 18.3 Å². The van der Waals surface area contributed by atoms with Gasteiger partial charge in [0.1, 0.15) is 23.2 Å². The Morgan fingerprint density at radius 3 is 2.45 bits per heavy atom. The number of hydrogen-bond donors (Lipinski definition) is 1. The molecule has 0 saturated heterocycles. The summed E-state index contributed by atoms with van der Waals surface area (Å²) in [4.78, 5) is 13.0. The smallest absolute Gasteiger partial charge is 0.338 e. The molecule has 1 unspecified atom stereocenters. The highest BCUT2D eigenvalue weighted by Crippen LogP contribution is 2.44. The summed E-state index contributed by atoms with van der Waals surface area (Å²) >= 11 is 0. The van der Waals surface area contributed by atoms with Crippen molar-refractivity contribution < 1.29 is 19.0 Å². The van der Waals surface area contributed by atoms with Crippen molar-refractivity contribution in [2.24, 2.45) is 5.73 Å². The van der Waals surface area contributed by atoms with E-state index >= 15 is 0 Å². The molecule has 2 aromatic carbocycles. The number of carbonyl (C=O) groups is 1. The molecule has 0 aromatic heterocycles. The molecule has 2 aromatic rings. The van der Waals surface area contributed by atoms with Crippen molar-refractivity contribution in [1.82, 2.24) is 0 Å². The predicted octanol–water partition coefficient (Wildman–Crippen LogP) is 5.49. The molecule has 0 amide bonds. The van der Waals surface area contributed by atoms with Gasteiger partial charge in [-0.1, -0.05) is 49.2 Å². The second-order valence-electron chi connectivity index (χ2n) is 7.94. The molecule has 0 spiro atoms. The lowest BCUT2D eigenvalue weighted by Gasteiger charge is -2.28. The van der Waals surface area contributed by atoms with Gasteiger partial charge in [0.2, 0.25) is 5.88 Å². The number of nitrogens with two attached hydrogens (primary N) is 1. The molecule has 0 saturated carbocycles. The van der Waals surface area contributed by atoms with Crippen LogP contribution in [0.5, 0.6) is 5.75 Å². The van der Waals surface area contributed by atoms with E-state index in [1.807, 2.05) is 49.4 Å². The largest absolute Gasteiger partial charge is 0.493 e. The molecule has 172 valence electrons. The number of hydrogen-bond acceptors (Lipinski definition) is 6. The van der Waals surface area contributed by atoms with Crippen LogP contribution in [0.25, 0.3) is 11.1 Å². The number of ether oxygens (including phenoxy) is 3. The Kier molecular flexibility index (Phi) is 7.78. The van der Waals surface area contributed by atoms with Crippen LogP contribution in [0.3, 0.4) is 0 Å². The highest BCUT2D eigenvalue weighted by atomic mass is 16.5. The normalized spacial score (nSPS) is 15.7. The van der Waals surface area contributed by atoms with Gasteiger partial charge in [-0.25, -0.2) is 4.79 Å². The summed E-state index contributed by atoms with van der Waals surface area (Å²) in [5, 5.41) is 9.95. The monoisotopic (exact) mass is 446 g/mol. The standard InChI is InChI=1S/C27H30N2O4/c1-5-7-14-32-23-13-12-20(19-10-8-17(3)9-11-19)15-21(23)25-22(16-28)26(29)33-18(4)24(25)27(30)31-6-2/h8-13,15,25H,5-7,14,29H2,1-4H3. The van der Waals surface area contributed by atoms with Gasteiger partial charge in [0.25, 0.3) is 0 Å². The third-order valence-electron chi connectivity index (χ3n) is 5.56. The number of carbonyl (C=O) groups excluding carboxylic acids is 1. The maximum Gasteiger partial charge on any atom is 0.338 e. The quantitative estimate of drug-likeness (QED) is 0.426. The zero-order valence-corrected chi connectivity index (χ0v) is 19.6. The van der Waals surface area contributed by atoms with Crippen molar-refractivity contribution in [3.8, 4) is 22.9 Å². The molecule has 0 radical (unpaired) electrons. The Morgan fingerprint density at radius 2 is 1.82 bits per heavy atom. The molecule has 1 aliphatic rings. The van der Waals surface area contributed by atoms with Crippen molar-refractivity contribution in [2.75, 3.05) is 13.2 Å². The highest BCUT2D eigenvalue weighted by molar-refractivity contribution is 5.93. The van der Waals surface area contributed by atoms with Gasteiger partial charge in [0.15, 0.2) is 0 Å². The minimum Gasteiger partial charge on any atom is -0.493 e. The van der Waals surface area contributed by atoms with Gasteiger partial charge >= 0.3 is 5.97 Å². The van der Waals surface area contributed by atoms with Crippen LogP contribution < -0.4 is 10.5 Å². The molecule has 2 N–H and O–H groups in total. The lowest BCUT2D eigenvalue weighted by molar-refractivity contribution is -0.139. The lowest BCUT2D eigenvalue weighted by atomic mass is 9.81. The second kappa shape index (κ2) is 10.7. The Hall–Kier alpha value is -3.72. The molecule has 3 rings (SSSR count). The summed E-state index contributed by atoms with van der Waals surface area (Å²) < 4.78 is 17.0. The zero-order chi connectivity index (χ0) is 24.0. The number of nitrogens with zero attached hydrogens (tertiary/aromatic N) is 1. The van der Waals surface area contributed by atoms with Gasteiger partial charge in [-0.3, -0.25) is 0 Å². The van der Waals surface area contributed by atoms with Crippen LogP contribution in [0.1, 0.15) is 50.7 Å². The van der Waals surface area contributed by atoms with Crippen LogP contribution in [0.15, 0.2) is 65.3 Å². The average Bonchev–Trinajstić information content (AvgIpc) is 2.79. The molecule has 6 heteroatoms. The van der Waals surface area contributed by atoms with E-state index in [0.29, 0.717) is 23.7 Å². The topological polar surface area (TPSA) is 94.6 Å². The third-order valence-corrected chi connectivity index (χ3v) is 5.56. The van der Waals surface area contributed by atoms with Crippen molar-refractivity contribution in [2.45, 2.75) is 46.5 Å². The number of nitriles is 1. The molecular formula is C27H30N2O4. The fourth-order valence-corrected chi connectivity index (χ4v) is 3.82. The maximum atomic E-state index is 13.0. The van der Waals surface area contributed by atoms with E-state index in [9.17, 15) is 10.1 Å². The van der Waals surface area contributed by atoms with Crippen LogP contribution in [-0.2, 0) is 14.3 Å². The first-order valence-electron chi connectivity index (χ1n) is 11.2. The van der Waals surface area contributed by atoms with E-state index in [1.54, 1.807) is 13.8 Å². The van der Waals surface area contributed by atoms with Crippen molar-refractivity contribution in [3.63, 3.8) is 0 Å². The van der Waals surface area contributed by atoms with Gasteiger partial charge in [-0.15, -0.1) is 0 Å². The molecule has 1 aliphatic heterocycles.